The van der Waals surface area contributed by atoms with Gasteiger partial charge in [0.15, 0.2) is 12.7 Å². The molecule has 9 nitrogen and oxygen atoms in total. The van der Waals surface area contributed by atoms with Gasteiger partial charge in [0.25, 0.3) is 16.6 Å². The second-order valence-electron chi connectivity index (χ2n) is 6.89. The van der Waals surface area contributed by atoms with Gasteiger partial charge in [-0.1, -0.05) is 0 Å². The zero-order valence-corrected chi connectivity index (χ0v) is 16.4. The number of carbonyl (C=O) groups is 1. The van der Waals surface area contributed by atoms with Crippen LogP contribution in [0.4, 0.5) is 24.5 Å². The highest BCUT2D eigenvalue weighted by molar-refractivity contribution is 6.07. The summed E-state index contributed by atoms with van der Waals surface area (Å²) in [5.41, 5.74) is 8.29. The number of aromatic nitrogens is 2. The van der Waals surface area contributed by atoms with Crippen molar-refractivity contribution >= 4 is 39.1 Å². The summed E-state index contributed by atoms with van der Waals surface area (Å²) in [7, 11) is 1.91. The van der Waals surface area contributed by atoms with Gasteiger partial charge >= 0.3 is 6.18 Å². The second kappa shape index (κ2) is 8.13. The monoisotopic (exact) mass is 448 g/mol. The van der Waals surface area contributed by atoms with Crippen molar-refractivity contribution in [2.45, 2.75) is 12.7 Å². The topological polar surface area (TPSA) is 135 Å². The third-order valence-corrected chi connectivity index (χ3v) is 4.72. The highest BCUT2D eigenvalue weighted by Gasteiger charge is 2.29. The molecular weight excluding hydrogens is 433 g/mol. The van der Waals surface area contributed by atoms with Gasteiger partial charge in [-0.3, -0.25) is 14.9 Å². The van der Waals surface area contributed by atoms with Crippen LogP contribution in [0.3, 0.4) is 0 Å². The molecule has 2 heterocycles. The standard InChI is InChI=1S/C18H14N4O3.C2HF3O2/c1-20-7-6-12-10-21(9-11-2-4-13(5-3-11)22(24)25)17-16(12)15(20)8-14(19)18(17)23;3-2(4,5)1(6)7/h2-8,10,19H,9H2,1H3;(H,6,7). The molecule has 32 heavy (non-hydrogen) atoms. The zero-order chi connectivity index (χ0) is 23.8. The number of carboxylic acids is 1. The highest BCUT2D eigenvalue weighted by atomic mass is 19.4. The molecule has 0 saturated heterocycles. The number of carbonyl (C=O) groups excluding carboxylic acids is 1. The van der Waals surface area contributed by atoms with E-state index in [1.165, 1.54) is 12.1 Å². The molecule has 0 aliphatic rings. The third-order valence-electron chi connectivity index (χ3n) is 4.72. The quantitative estimate of drug-likeness (QED) is 0.217. The Hall–Kier alpha value is -4.22. The third kappa shape index (κ3) is 4.29. The molecule has 0 spiro atoms. The lowest BCUT2D eigenvalue weighted by Crippen LogP contribution is -2.37. The van der Waals surface area contributed by atoms with E-state index in [9.17, 15) is 28.1 Å². The van der Waals surface area contributed by atoms with E-state index in [1.54, 1.807) is 18.2 Å². The Kier molecular flexibility index (Phi) is 5.71. The first-order valence-corrected chi connectivity index (χ1v) is 8.95. The molecule has 0 bridgehead atoms. The second-order valence-corrected chi connectivity index (χ2v) is 6.89. The van der Waals surface area contributed by atoms with E-state index in [0.29, 0.717) is 12.1 Å². The van der Waals surface area contributed by atoms with Gasteiger partial charge in [-0.25, -0.2) is 0 Å². The first-order valence-electron chi connectivity index (χ1n) is 8.95. The summed E-state index contributed by atoms with van der Waals surface area (Å²) in [5.74, 6) is -3.01. The molecule has 0 atom stereocenters. The average Bonchev–Trinajstić information content (AvgIpc) is 3.07. The van der Waals surface area contributed by atoms with E-state index >= 15 is 0 Å². The molecule has 2 aromatic heterocycles. The molecule has 0 radical (unpaired) electrons. The fraction of sp³-hybridized carbons (Fsp3) is 0.150. The van der Waals surface area contributed by atoms with Crippen LogP contribution in [0.1, 0.15) is 5.56 Å². The number of rotatable bonds is 3. The molecule has 12 heteroatoms. The van der Waals surface area contributed by atoms with Gasteiger partial charge < -0.3 is 20.2 Å². The summed E-state index contributed by atoms with van der Waals surface area (Å²) in [5, 5.41) is 21.4. The van der Waals surface area contributed by atoms with Crippen molar-refractivity contribution in [3.63, 3.8) is 0 Å². The minimum Gasteiger partial charge on any atom is -0.542 e. The van der Waals surface area contributed by atoms with Crippen LogP contribution >= 0.6 is 0 Å². The lowest BCUT2D eigenvalue weighted by Gasteiger charge is -2.04. The van der Waals surface area contributed by atoms with Crippen molar-refractivity contribution in [2.75, 3.05) is 5.73 Å². The molecule has 4 rings (SSSR count). The van der Waals surface area contributed by atoms with E-state index in [-0.39, 0.29) is 16.8 Å². The van der Waals surface area contributed by atoms with Crippen molar-refractivity contribution in [3.8, 4) is 0 Å². The molecule has 0 amide bonds. The van der Waals surface area contributed by atoms with Crippen molar-refractivity contribution in [3.05, 3.63) is 74.7 Å². The predicted molar refractivity (Wildman–Crippen MR) is 106 cm³/mol. The number of anilines is 1. The normalized spacial score (nSPS) is 11.4. The maximum Gasteiger partial charge on any atom is 0.430 e. The Bertz CT molecular complexity index is 1380. The molecule has 2 aromatic carbocycles. The number of non-ortho nitro benzene ring substituents is 1. The largest absolute Gasteiger partial charge is 0.542 e. The minimum absolute atomic E-state index is 0.0420. The van der Waals surface area contributed by atoms with E-state index in [1.807, 2.05) is 34.6 Å². The average molecular weight is 448 g/mol. The number of nitrogens with zero attached hydrogens (tertiary/aromatic N) is 3. The molecule has 0 fully saturated rings. The first-order chi connectivity index (χ1) is 14.9. The zero-order valence-electron chi connectivity index (χ0n) is 16.4. The summed E-state index contributed by atoms with van der Waals surface area (Å²) in [6.07, 6.45) is -1.35. The smallest absolute Gasteiger partial charge is 0.430 e. The van der Waals surface area contributed by atoms with Gasteiger partial charge in [0.2, 0.25) is 0 Å². The highest BCUT2D eigenvalue weighted by Crippen LogP contribution is 2.25. The summed E-state index contributed by atoms with van der Waals surface area (Å²) >= 11 is 0. The number of nitro groups is 1. The number of halogens is 3. The summed E-state index contributed by atoms with van der Waals surface area (Å²) < 4.78 is 35.3. The molecule has 166 valence electrons. The molecular formula is C20H15F3N4O5. The van der Waals surface area contributed by atoms with E-state index in [2.05, 4.69) is 0 Å². The lowest BCUT2D eigenvalue weighted by atomic mass is 10.1. The molecule has 0 saturated carbocycles. The number of hydrogen-bond acceptors (Lipinski definition) is 6. The molecule has 0 aliphatic heterocycles. The molecule has 4 aromatic rings. The SMILES string of the molecule is Cn1ccc2c[n+](Cc3ccc([N+](=O)[O-])cc3)c3c(=O)c(N)cc1c23.O=C([O-])C(F)(F)F. The van der Waals surface area contributed by atoms with Crippen molar-refractivity contribution in [1.29, 1.82) is 0 Å². The van der Waals surface area contributed by atoms with Crippen molar-refractivity contribution < 1.29 is 32.6 Å². The van der Waals surface area contributed by atoms with Crippen LogP contribution in [0.5, 0.6) is 0 Å². The van der Waals surface area contributed by atoms with Crippen LogP contribution in [0.2, 0.25) is 0 Å². The maximum atomic E-state index is 12.6. The number of pyridine rings is 1. The Morgan fingerprint density at radius 2 is 1.81 bits per heavy atom. The number of benzene rings is 2. The number of aryl methyl sites for hydroxylation is 1. The minimum atomic E-state index is -5.19. The number of nitro benzene ring substituents is 1. The van der Waals surface area contributed by atoms with Gasteiger partial charge in [-0.05, 0) is 24.3 Å². The lowest BCUT2D eigenvalue weighted by molar-refractivity contribution is -0.659. The van der Waals surface area contributed by atoms with E-state index in [0.717, 1.165) is 21.9 Å². The fourth-order valence-corrected chi connectivity index (χ4v) is 3.23. The summed E-state index contributed by atoms with van der Waals surface area (Å²) in [4.78, 5) is 31.7. The van der Waals surface area contributed by atoms with Crippen LogP contribution in [0.15, 0.2) is 53.6 Å². The number of nitrogen functional groups attached to an aromatic ring is 1. The summed E-state index contributed by atoms with van der Waals surface area (Å²) in [6, 6.07) is 9.98. The number of carboxylic acid groups (broad SMARTS) is 1. The molecule has 2 N–H and O–H groups in total. The van der Waals surface area contributed by atoms with Gasteiger partial charge in [-0.2, -0.15) is 17.7 Å². The van der Waals surface area contributed by atoms with Gasteiger partial charge in [0, 0.05) is 30.9 Å². The van der Waals surface area contributed by atoms with Gasteiger partial charge in [0.05, 0.1) is 26.9 Å². The van der Waals surface area contributed by atoms with Crippen LogP contribution in [-0.4, -0.2) is 21.6 Å². The molecule has 0 aliphatic carbocycles. The number of hydrogen-bond donors (Lipinski definition) is 1. The van der Waals surface area contributed by atoms with Crippen LogP contribution in [0, 0.1) is 10.1 Å². The number of nitrogens with two attached hydrogens (primary N) is 1. The molecule has 0 unspecified atom stereocenters. The van der Waals surface area contributed by atoms with E-state index in [4.69, 9.17) is 15.6 Å². The van der Waals surface area contributed by atoms with Crippen molar-refractivity contribution in [1.82, 2.24) is 4.57 Å². The fourth-order valence-electron chi connectivity index (χ4n) is 3.23. The van der Waals surface area contributed by atoms with Gasteiger partial charge in [0.1, 0.15) is 5.97 Å². The Balaban J connectivity index is 0.000000360. The number of alkyl halides is 3. The Labute approximate surface area is 177 Å². The van der Waals surface area contributed by atoms with Crippen LogP contribution < -0.4 is 20.8 Å². The van der Waals surface area contributed by atoms with E-state index < -0.39 is 17.1 Å². The Morgan fingerprint density at radius 1 is 1.22 bits per heavy atom. The number of aliphatic carboxylic acids is 1. The van der Waals surface area contributed by atoms with Crippen LogP contribution in [-0.2, 0) is 18.4 Å². The van der Waals surface area contributed by atoms with Gasteiger partial charge in [-0.15, -0.1) is 0 Å². The van der Waals surface area contributed by atoms with Crippen LogP contribution in [0.25, 0.3) is 21.8 Å². The Morgan fingerprint density at radius 3 is 2.34 bits per heavy atom. The maximum absolute atomic E-state index is 12.6. The van der Waals surface area contributed by atoms with Crippen molar-refractivity contribution in [2.24, 2.45) is 7.05 Å². The summed E-state index contributed by atoms with van der Waals surface area (Å²) in [6.45, 7) is 0.435. The first kappa shape index (κ1) is 22.5. The predicted octanol–water partition coefficient (Wildman–Crippen LogP) is 1.25.